The van der Waals surface area contributed by atoms with Gasteiger partial charge in [-0.1, -0.05) is 60.2 Å². The van der Waals surface area contributed by atoms with Crippen LogP contribution in [0.2, 0.25) is 0 Å². The standard InChI is InChI=1S/C29H25FN2O2/c1-21-10-12-24(13-11-21)29(34)32(20-22-6-3-2-4-7-22)27-9-5-8-23(18-27)19-28(33)31-26-16-14-25(30)15-17-26/h2-18H,19-20H2,1H3,(H,31,33). The van der Waals surface area contributed by atoms with Crippen molar-refractivity contribution in [1.29, 1.82) is 0 Å². The van der Waals surface area contributed by atoms with Gasteiger partial charge in [0.2, 0.25) is 5.91 Å². The van der Waals surface area contributed by atoms with Gasteiger partial charge in [-0.3, -0.25) is 9.59 Å². The van der Waals surface area contributed by atoms with E-state index in [9.17, 15) is 14.0 Å². The van der Waals surface area contributed by atoms with Crippen LogP contribution in [0.5, 0.6) is 0 Å². The Morgan fingerprint density at radius 2 is 1.47 bits per heavy atom. The van der Waals surface area contributed by atoms with Crippen molar-refractivity contribution in [2.45, 2.75) is 19.9 Å². The average molecular weight is 453 g/mol. The summed E-state index contributed by atoms with van der Waals surface area (Å²) in [5.41, 5.74) is 4.69. The average Bonchev–Trinajstić information content (AvgIpc) is 2.85. The third kappa shape index (κ3) is 5.95. The zero-order chi connectivity index (χ0) is 23.9. The molecule has 0 fully saturated rings. The molecule has 0 aliphatic heterocycles. The Hall–Kier alpha value is -4.25. The van der Waals surface area contributed by atoms with Crippen LogP contribution < -0.4 is 10.2 Å². The molecule has 0 radical (unpaired) electrons. The number of carbonyl (C=O) groups excluding carboxylic acids is 2. The lowest BCUT2D eigenvalue weighted by Crippen LogP contribution is -2.30. The SMILES string of the molecule is Cc1ccc(C(=O)N(Cc2ccccc2)c2cccc(CC(=O)Nc3ccc(F)cc3)c2)cc1. The fourth-order valence-electron chi connectivity index (χ4n) is 3.66. The fraction of sp³-hybridized carbons (Fsp3) is 0.103. The number of nitrogens with one attached hydrogen (secondary N) is 1. The van der Waals surface area contributed by atoms with E-state index in [0.29, 0.717) is 23.5 Å². The minimum Gasteiger partial charge on any atom is -0.326 e. The number of hydrogen-bond acceptors (Lipinski definition) is 2. The lowest BCUT2D eigenvalue weighted by Gasteiger charge is -2.24. The van der Waals surface area contributed by atoms with Gasteiger partial charge < -0.3 is 10.2 Å². The highest BCUT2D eigenvalue weighted by Crippen LogP contribution is 2.23. The molecule has 0 saturated heterocycles. The summed E-state index contributed by atoms with van der Waals surface area (Å²) in [6.07, 6.45) is 0.128. The minimum atomic E-state index is -0.359. The molecule has 0 saturated carbocycles. The van der Waals surface area contributed by atoms with Crippen molar-refractivity contribution in [3.8, 4) is 0 Å². The van der Waals surface area contributed by atoms with Crippen LogP contribution >= 0.6 is 0 Å². The van der Waals surface area contributed by atoms with Gasteiger partial charge in [-0.2, -0.15) is 0 Å². The summed E-state index contributed by atoms with van der Waals surface area (Å²) in [6.45, 7) is 2.38. The molecule has 0 aliphatic carbocycles. The number of amides is 2. The highest BCUT2D eigenvalue weighted by atomic mass is 19.1. The molecule has 0 aliphatic rings. The van der Waals surface area contributed by atoms with Gasteiger partial charge in [-0.15, -0.1) is 0 Å². The van der Waals surface area contributed by atoms with Crippen molar-refractivity contribution in [1.82, 2.24) is 0 Å². The summed E-state index contributed by atoms with van der Waals surface area (Å²) in [6, 6.07) is 30.4. The van der Waals surface area contributed by atoms with Crippen molar-refractivity contribution in [2.75, 3.05) is 10.2 Å². The second-order valence-electron chi connectivity index (χ2n) is 8.14. The molecule has 170 valence electrons. The molecule has 4 rings (SSSR count). The lowest BCUT2D eigenvalue weighted by atomic mass is 10.1. The Morgan fingerprint density at radius 3 is 2.18 bits per heavy atom. The van der Waals surface area contributed by atoms with Crippen molar-refractivity contribution in [3.63, 3.8) is 0 Å². The molecule has 4 nitrogen and oxygen atoms in total. The third-order valence-electron chi connectivity index (χ3n) is 5.44. The quantitative estimate of drug-likeness (QED) is 0.365. The number of halogens is 1. The zero-order valence-electron chi connectivity index (χ0n) is 18.9. The van der Waals surface area contributed by atoms with E-state index in [2.05, 4.69) is 5.32 Å². The molecular weight excluding hydrogens is 427 g/mol. The second-order valence-corrected chi connectivity index (χ2v) is 8.14. The fourth-order valence-corrected chi connectivity index (χ4v) is 3.66. The van der Waals surface area contributed by atoms with Crippen molar-refractivity contribution in [3.05, 3.63) is 131 Å². The van der Waals surface area contributed by atoms with E-state index in [1.54, 1.807) is 4.90 Å². The van der Waals surface area contributed by atoms with Gasteiger partial charge in [0.25, 0.3) is 5.91 Å². The molecule has 4 aromatic carbocycles. The number of rotatable bonds is 7. The normalized spacial score (nSPS) is 10.5. The number of nitrogens with zero attached hydrogens (tertiary/aromatic N) is 1. The number of aryl methyl sites for hydroxylation is 1. The summed E-state index contributed by atoms with van der Waals surface area (Å²) in [5, 5.41) is 2.77. The van der Waals surface area contributed by atoms with E-state index in [0.717, 1.165) is 16.7 Å². The van der Waals surface area contributed by atoms with Gasteiger partial charge in [-0.05, 0) is 66.6 Å². The van der Waals surface area contributed by atoms with Gasteiger partial charge in [0.15, 0.2) is 0 Å². The van der Waals surface area contributed by atoms with Crippen molar-refractivity contribution >= 4 is 23.2 Å². The first-order valence-electron chi connectivity index (χ1n) is 11.0. The topological polar surface area (TPSA) is 49.4 Å². The van der Waals surface area contributed by atoms with Crippen LogP contribution in [-0.4, -0.2) is 11.8 Å². The third-order valence-corrected chi connectivity index (χ3v) is 5.44. The van der Waals surface area contributed by atoms with Crippen LogP contribution in [0.3, 0.4) is 0 Å². The van der Waals surface area contributed by atoms with Crippen LogP contribution in [0, 0.1) is 12.7 Å². The Bertz CT molecular complexity index is 1270. The van der Waals surface area contributed by atoms with Crippen molar-refractivity contribution < 1.29 is 14.0 Å². The predicted octanol–water partition coefficient (Wildman–Crippen LogP) is 6.16. The Morgan fingerprint density at radius 1 is 0.794 bits per heavy atom. The predicted molar refractivity (Wildman–Crippen MR) is 133 cm³/mol. The van der Waals surface area contributed by atoms with E-state index in [-0.39, 0.29) is 24.1 Å². The monoisotopic (exact) mass is 452 g/mol. The molecule has 0 aromatic heterocycles. The maximum Gasteiger partial charge on any atom is 0.258 e. The van der Waals surface area contributed by atoms with Gasteiger partial charge in [0.05, 0.1) is 13.0 Å². The van der Waals surface area contributed by atoms with Crippen molar-refractivity contribution in [2.24, 2.45) is 0 Å². The van der Waals surface area contributed by atoms with Crippen LogP contribution in [-0.2, 0) is 17.8 Å². The molecule has 0 bridgehead atoms. The molecule has 0 atom stereocenters. The molecule has 0 spiro atoms. The van der Waals surface area contributed by atoms with Gasteiger partial charge in [0, 0.05) is 16.9 Å². The van der Waals surface area contributed by atoms with E-state index < -0.39 is 0 Å². The lowest BCUT2D eigenvalue weighted by molar-refractivity contribution is -0.115. The van der Waals surface area contributed by atoms with E-state index in [1.807, 2.05) is 85.8 Å². The maximum atomic E-state index is 13.5. The first-order chi connectivity index (χ1) is 16.5. The molecule has 5 heteroatoms. The first kappa shape index (κ1) is 22.9. The van der Waals surface area contributed by atoms with E-state index in [4.69, 9.17) is 0 Å². The molecule has 4 aromatic rings. The summed E-state index contributed by atoms with van der Waals surface area (Å²) in [7, 11) is 0. The summed E-state index contributed by atoms with van der Waals surface area (Å²) in [4.78, 5) is 27.7. The van der Waals surface area contributed by atoms with Crippen LogP contribution in [0.25, 0.3) is 0 Å². The Kier molecular flexibility index (Phi) is 7.13. The molecule has 2 amide bonds. The number of hydrogen-bond donors (Lipinski definition) is 1. The van der Waals surface area contributed by atoms with Gasteiger partial charge >= 0.3 is 0 Å². The summed E-state index contributed by atoms with van der Waals surface area (Å²) < 4.78 is 13.1. The Labute approximate surface area is 198 Å². The zero-order valence-corrected chi connectivity index (χ0v) is 18.9. The molecule has 0 heterocycles. The molecular formula is C29H25FN2O2. The van der Waals surface area contributed by atoms with E-state index >= 15 is 0 Å². The second kappa shape index (κ2) is 10.6. The highest BCUT2D eigenvalue weighted by molar-refractivity contribution is 6.06. The highest BCUT2D eigenvalue weighted by Gasteiger charge is 2.19. The first-order valence-corrected chi connectivity index (χ1v) is 11.0. The summed E-state index contributed by atoms with van der Waals surface area (Å²) >= 11 is 0. The Balaban J connectivity index is 1.57. The molecule has 34 heavy (non-hydrogen) atoms. The van der Waals surface area contributed by atoms with Crippen LogP contribution in [0.15, 0.2) is 103 Å². The number of anilines is 2. The van der Waals surface area contributed by atoms with E-state index in [1.165, 1.54) is 24.3 Å². The molecule has 1 N–H and O–H groups in total. The van der Waals surface area contributed by atoms with Crippen LogP contribution in [0.1, 0.15) is 27.0 Å². The maximum absolute atomic E-state index is 13.5. The van der Waals surface area contributed by atoms with Gasteiger partial charge in [0.1, 0.15) is 5.82 Å². The summed E-state index contributed by atoms with van der Waals surface area (Å²) in [5.74, 6) is -0.692. The number of benzene rings is 4. The smallest absolute Gasteiger partial charge is 0.258 e. The van der Waals surface area contributed by atoms with Crippen LogP contribution in [0.4, 0.5) is 15.8 Å². The largest absolute Gasteiger partial charge is 0.326 e. The molecule has 0 unspecified atom stereocenters. The minimum absolute atomic E-state index is 0.114. The van der Waals surface area contributed by atoms with Gasteiger partial charge in [-0.25, -0.2) is 4.39 Å². The number of carbonyl (C=O) groups is 2.